The van der Waals surface area contributed by atoms with E-state index in [2.05, 4.69) is 5.10 Å². The Labute approximate surface area is 97.2 Å². The Morgan fingerprint density at radius 3 is 2.65 bits per heavy atom. The summed E-state index contributed by atoms with van der Waals surface area (Å²) in [6.45, 7) is 0. The Balaban J connectivity index is 2.56. The summed E-state index contributed by atoms with van der Waals surface area (Å²) in [6, 6.07) is 3.98. The molecule has 6 heteroatoms. The van der Waals surface area contributed by atoms with Crippen LogP contribution in [0.5, 0.6) is 0 Å². The number of hydrogen-bond donors (Lipinski definition) is 2. The van der Waals surface area contributed by atoms with Crippen LogP contribution in [0.3, 0.4) is 0 Å². The molecule has 0 aliphatic carbocycles. The number of benzene rings is 1. The summed E-state index contributed by atoms with van der Waals surface area (Å²) in [6.07, 6.45) is 4.80. The van der Waals surface area contributed by atoms with Gasteiger partial charge in [-0.1, -0.05) is 6.08 Å². The lowest BCUT2D eigenvalue weighted by atomic mass is 10.1. The van der Waals surface area contributed by atoms with Crippen molar-refractivity contribution < 1.29 is 9.59 Å². The van der Waals surface area contributed by atoms with Crippen LogP contribution in [0, 0.1) is 0 Å². The summed E-state index contributed by atoms with van der Waals surface area (Å²) < 4.78 is 0. The van der Waals surface area contributed by atoms with Gasteiger partial charge in [-0.05, 0) is 24.3 Å². The number of amides is 3. The number of rotatable bonds is 1. The number of allylic oxidation sites excluding steroid dienone is 1. The molecular weight excluding hydrogens is 220 g/mol. The molecular formula is C11H10N4O2. The molecule has 1 aromatic carbocycles. The van der Waals surface area contributed by atoms with Gasteiger partial charge in [-0.3, -0.25) is 4.79 Å². The molecule has 0 aromatic heterocycles. The van der Waals surface area contributed by atoms with Gasteiger partial charge in [0, 0.05) is 17.3 Å². The van der Waals surface area contributed by atoms with E-state index in [1.807, 2.05) is 0 Å². The number of carbonyl (C=O) groups is 2. The SMILES string of the molecule is NC(=O)c1ccc2c(c1)C=CC=NN2C(N)=O. The van der Waals surface area contributed by atoms with Crippen molar-refractivity contribution in [2.45, 2.75) is 0 Å². The number of hydrogen-bond acceptors (Lipinski definition) is 3. The van der Waals surface area contributed by atoms with Gasteiger partial charge in [0.15, 0.2) is 0 Å². The summed E-state index contributed by atoms with van der Waals surface area (Å²) in [5, 5.41) is 4.93. The van der Waals surface area contributed by atoms with Crippen molar-refractivity contribution in [1.29, 1.82) is 0 Å². The number of carbonyl (C=O) groups excluding carboxylic acids is 2. The van der Waals surface area contributed by atoms with E-state index in [1.54, 1.807) is 24.3 Å². The van der Waals surface area contributed by atoms with Crippen LogP contribution in [-0.4, -0.2) is 18.2 Å². The quantitative estimate of drug-likeness (QED) is 0.741. The summed E-state index contributed by atoms with van der Waals surface area (Å²) in [7, 11) is 0. The van der Waals surface area contributed by atoms with E-state index >= 15 is 0 Å². The molecule has 0 unspecified atom stereocenters. The maximum Gasteiger partial charge on any atom is 0.340 e. The zero-order valence-corrected chi connectivity index (χ0v) is 8.83. The minimum atomic E-state index is -0.696. The number of fused-ring (bicyclic) bond motifs is 1. The van der Waals surface area contributed by atoms with Gasteiger partial charge in [-0.2, -0.15) is 10.1 Å². The Bertz CT molecular complexity index is 548. The van der Waals surface area contributed by atoms with E-state index in [4.69, 9.17) is 11.5 Å². The molecule has 0 radical (unpaired) electrons. The molecule has 0 spiro atoms. The second-order valence-electron chi connectivity index (χ2n) is 3.41. The molecule has 86 valence electrons. The smallest absolute Gasteiger partial charge is 0.340 e. The first kappa shape index (κ1) is 10.9. The van der Waals surface area contributed by atoms with Crippen LogP contribution in [0.4, 0.5) is 10.5 Å². The largest absolute Gasteiger partial charge is 0.366 e. The van der Waals surface area contributed by atoms with Gasteiger partial charge in [-0.25, -0.2) is 4.79 Å². The Kier molecular flexibility index (Phi) is 2.61. The maximum absolute atomic E-state index is 11.2. The van der Waals surface area contributed by atoms with Crippen LogP contribution in [0.25, 0.3) is 6.08 Å². The summed E-state index contributed by atoms with van der Waals surface area (Å²) >= 11 is 0. The molecule has 1 aromatic rings. The molecule has 17 heavy (non-hydrogen) atoms. The number of anilines is 1. The van der Waals surface area contributed by atoms with Crippen molar-refractivity contribution in [3.63, 3.8) is 0 Å². The van der Waals surface area contributed by atoms with Gasteiger partial charge in [-0.15, -0.1) is 0 Å². The first-order valence-electron chi connectivity index (χ1n) is 4.83. The summed E-state index contributed by atoms with van der Waals surface area (Å²) in [5.74, 6) is -0.531. The van der Waals surface area contributed by atoms with E-state index in [0.717, 1.165) is 5.01 Å². The lowest BCUT2D eigenvalue weighted by Gasteiger charge is -2.15. The van der Waals surface area contributed by atoms with Crippen molar-refractivity contribution in [1.82, 2.24) is 0 Å². The third-order valence-corrected chi connectivity index (χ3v) is 2.29. The van der Waals surface area contributed by atoms with E-state index in [1.165, 1.54) is 12.3 Å². The highest BCUT2D eigenvalue weighted by Gasteiger charge is 2.16. The fourth-order valence-corrected chi connectivity index (χ4v) is 1.52. The number of hydrazone groups is 1. The van der Waals surface area contributed by atoms with Gasteiger partial charge < -0.3 is 11.5 Å². The van der Waals surface area contributed by atoms with Crippen LogP contribution in [0.15, 0.2) is 29.4 Å². The normalized spacial score (nSPS) is 13.1. The molecule has 0 saturated heterocycles. The zero-order valence-electron chi connectivity index (χ0n) is 8.83. The maximum atomic E-state index is 11.2. The highest BCUT2D eigenvalue weighted by atomic mass is 16.2. The standard InChI is InChI=1S/C11H10N4O2/c12-10(16)8-3-4-9-7(6-8)2-1-5-14-15(9)11(13)17/h1-6H,(H2,12,16)(H2,13,17). The van der Waals surface area contributed by atoms with Crippen molar-refractivity contribution in [2.24, 2.45) is 16.6 Å². The van der Waals surface area contributed by atoms with E-state index in [0.29, 0.717) is 16.8 Å². The van der Waals surface area contributed by atoms with Crippen molar-refractivity contribution in [2.75, 3.05) is 5.01 Å². The lowest BCUT2D eigenvalue weighted by molar-refractivity contribution is 0.100. The summed E-state index contributed by atoms with van der Waals surface area (Å²) in [5.41, 5.74) is 11.9. The second-order valence-corrected chi connectivity index (χ2v) is 3.41. The molecule has 2 rings (SSSR count). The third-order valence-electron chi connectivity index (χ3n) is 2.29. The summed E-state index contributed by atoms with van der Waals surface area (Å²) in [4.78, 5) is 22.3. The molecule has 0 bridgehead atoms. The first-order chi connectivity index (χ1) is 8.09. The predicted octanol–water partition coefficient (Wildman–Crippen LogP) is 0.683. The number of urea groups is 1. The fourth-order valence-electron chi connectivity index (χ4n) is 1.52. The molecule has 1 aliphatic rings. The van der Waals surface area contributed by atoms with Gasteiger partial charge in [0.1, 0.15) is 0 Å². The fraction of sp³-hybridized carbons (Fsp3) is 0. The average Bonchev–Trinajstić information content (AvgIpc) is 2.49. The number of primary amides is 2. The molecule has 4 N–H and O–H groups in total. The van der Waals surface area contributed by atoms with E-state index in [-0.39, 0.29) is 0 Å². The highest BCUT2D eigenvalue weighted by Crippen LogP contribution is 2.25. The monoisotopic (exact) mass is 230 g/mol. The Hall–Kier alpha value is -2.63. The second kappa shape index (κ2) is 4.09. The Morgan fingerprint density at radius 1 is 1.24 bits per heavy atom. The molecule has 0 atom stereocenters. The molecule has 0 saturated carbocycles. The van der Waals surface area contributed by atoms with Crippen molar-refractivity contribution in [3.05, 3.63) is 35.4 Å². The van der Waals surface area contributed by atoms with Gasteiger partial charge in [0.05, 0.1) is 5.69 Å². The van der Waals surface area contributed by atoms with Crippen molar-refractivity contribution >= 4 is 29.9 Å². The van der Waals surface area contributed by atoms with E-state index < -0.39 is 11.9 Å². The van der Waals surface area contributed by atoms with Crippen LogP contribution in [-0.2, 0) is 0 Å². The van der Waals surface area contributed by atoms with E-state index in [9.17, 15) is 9.59 Å². The highest BCUT2D eigenvalue weighted by molar-refractivity contribution is 5.99. The number of nitrogens with two attached hydrogens (primary N) is 2. The minimum absolute atomic E-state index is 0.361. The topological polar surface area (TPSA) is 102 Å². The Morgan fingerprint density at radius 2 is 2.00 bits per heavy atom. The number of nitrogens with zero attached hydrogens (tertiary/aromatic N) is 2. The molecule has 6 nitrogen and oxygen atoms in total. The zero-order chi connectivity index (χ0) is 12.4. The van der Waals surface area contributed by atoms with Gasteiger partial charge in [0.2, 0.25) is 5.91 Å². The predicted molar refractivity (Wildman–Crippen MR) is 64.5 cm³/mol. The van der Waals surface area contributed by atoms with Gasteiger partial charge >= 0.3 is 6.03 Å². The van der Waals surface area contributed by atoms with Gasteiger partial charge in [0.25, 0.3) is 0 Å². The lowest BCUT2D eigenvalue weighted by Crippen LogP contribution is -2.31. The molecule has 1 aliphatic heterocycles. The molecule has 3 amide bonds. The first-order valence-corrected chi connectivity index (χ1v) is 4.83. The van der Waals surface area contributed by atoms with Crippen LogP contribution < -0.4 is 16.5 Å². The molecule has 0 fully saturated rings. The van der Waals surface area contributed by atoms with Crippen LogP contribution >= 0.6 is 0 Å². The van der Waals surface area contributed by atoms with Crippen molar-refractivity contribution in [3.8, 4) is 0 Å². The van der Waals surface area contributed by atoms with Crippen LogP contribution in [0.1, 0.15) is 15.9 Å². The molecule has 1 heterocycles. The minimum Gasteiger partial charge on any atom is -0.366 e. The van der Waals surface area contributed by atoms with Crippen LogP contribution in [0.2, 0.25) is 0 Å². The third kappa shape index (κ3) is 2.00. The average molecular weight is 230 g/mol.